The third-order valence-corrected chi connectivity index (χ3v) is 8.91. The van der Waals surface area contributed by atoms with E-state index in [1.165, 1.54) is 52.6 Å². The van der Waals surface area contributed by atoms with Gasteiger partial charge in [0, 0.05) is 38.0 Å². The smallest absolute Gasteiger partial charge is 0.325 e. The van der Waals surface area contributed by atoms with Gasteiger partial charge in [-0.15, -0.1) is 0 Å². The highest BCUT2D eigenvalue weighted by molar-refractivity contribution is 6.08. The Morgan fingerprint density at radius 1 is 0.545 bits per heavy atom. The zero-order valence-corrected chi connectivity index (χ0v) is 26.5. The molecule has 0 aromatic heterocycles. The molecule has 0 spiro atoms. The number of rotatable bonds is 14. The Bertz CT molecular complexity index is 1820. The van der Waals surface area contributed by atoms with Crippen LogP contribution in [0.15, 0.2) is 43.4 Å². The summed E-state index contributed by atoms with van der Waals surface area (Å²) in [5.74, 6) is 0.765. The number of fused-ring (bicyclic) bond motifs is 5. The first-order chi connectivity index (χ1) is 21.3. The van der Waals surface area contributed by atoms with Crippen molar-refractivity contribution in [2.75, 3.05) is 0 Å². The molecule has 0 fully saturated rings. The van der Waals surface area contributed by atoms with E-state index in [9.17, 15) is 19.2 Å². The van der Waals surface area contributed by atoms with Crippen LogP contribution < -0.4 is 22.5 Å². The lowest BCUT2D eigenvalue weighted by Crippen LogP contribution is -2.36. The van der Waals surface area contributed by atoms with Crippen molar-refractivity contribution in [3.63, 3.8) is 0 Å². The molecular formula is C34H44N6O4. The van der Waals surface area contributed by atoms with Gasteiger partial charge in [-0.1, -0.05) is 78.1 Å². The minimum Gasteiger partial charge on any atom is -0.325 e. The Balaban J connectivity index is 1.74. The van der Waals surface area contributed by atoms with Crippen molar-refractivity contribution in [2.45, 2.75) is 104 Å². The molecule has 0 amide bonds. The zero-order chi connectivity index (χ0) is 31.4. The summed E-state index contributed by atoms with van der Waals surface area (Å²) in [6.45, 7) is 5.61. The van der Waals surface area contributed by atoms with E-state index in [-0.39, 0.29) is 0 Å². The minimum absolute atomic E-state index is 0.363. The molecule has 0 bridgehead atoms. The van der Waals surface area contributed by atoms with E-state index in [1.54, 1.807) is 12.1 Å². The summed E-state index contributed by atoms with van der Waals surface area (Å²) in [5.41, 5.74) is 0.456. The Morgan fingerprint density at radius 2 is 0.909 bits per heavy atom. The highest BCUT2D eigenvalue weighted by Crippen LogP contribution is 2.34. The summed E-state index contributed by atoms with van der Waals surface area (Å²) in [5, 5.41) is 1.59. The summed E-state index contributed by atoms with van der Waals surface area (Å²) < 4.78 is 6.06. The molecule has 0 N–H and O–H groups in total. The van der Waals surface area contributed by atoms with Gasteiger partial charge in [0.1, 0.15) is 0 Å². The lowest BCUT2D eigenvalue weighted by molar-refractivity contribution is 0.561. The van der Waals surface area contributed by atoms with Gasteiger partial charge in [0.05, 0.1) is 22.2 Å². The number of hydrogen-bond donors (Lipinski definition) is 0. The van der Waals surface area contributed by atoms with Crippen molar-refractivity contribution in [1.29, 1.82) is 0 Å². The van der Waals surface area contributed by atoms with Crippen LogP contribution in [0.25, 0.3) is 44.6 Å². The predicted octanol–water partition coefficient (Wildman–Crippen LogP) is 5.43. The first-order valence-corrected chi connectivity index (χ1v) is 16.3. The normalized spacial score (nSPS) is 11.9. The van der Waals surface area contributed by atoms with Crippen molar-refractivity contribution in [3.8, 4) is 22.8 Å². The molecule has 0 radical (unpaired) electrons. The molecule has 5 rings (SSSR count). The number of aryl methyl sites for hydroxylation is 2. The van der Waals surface area contributed by atoms with Gasteiger partial charge in [0.2, 0.25) is 0 Å². The molecule has 0 aliphatic carbocycles. The molecule has 4 heterocycles. The third-order valence-electron chi connectivity index (χ3n) is 8.91. The maximum Gasteiger partial charge on any atom is 0.352 e. The van der Waals surface area contributed by atoms with Crippen molar-refractivity contribution in [2.24, 2.45) is 14.1 Å². The third kappa shape index (κ3) is 5.99. The van der Waals surface area contributed by atoms with Crippen LogP contribution in [0.4, 0.5) is 0 Å². The van der Waals surface area contributed by atoms with E-state index in [0.717, 1.165) is 69.5 Å². The molecule has 1 aromatic carbocycles. The molecule has 10 nitrogen and oxygen atoms in total. The van der Waals surface area contributed by atoms with Crippen LogP contribution in [0.2, 0.25) is 0 Å². The fourth-order valence-corrected chi connectivity index (χ4v) is 6.30. The van der Waals surface area contributed by atoms with Crippen LogP contribution in [0.3, 0.4) is 0 Å². The van der Waals surface area contributed by atoms with Gasteiger partial charge in [-0.25, -0.2) is 9.59 Å². The number of hydrogen-bond acceptors (Lipinski definition) is 6. The predicted molar refractivity (Wildman–Crippen MR) is 176 cm³/mol. The largest absolute Gasteiger partial charge is 0.352 e. The molecule has 44 heavy (non-hydrogen) atoms. The molecule has 4 aliphatic heterocycles. The Morgan fingerprint density at radius 3 is 1.30 bits per heavy atom. The van der Waals surface area contributed by atoms with Crippen LogP contribution in [0.1, 0.15) is 90.9 Å². The summed E-state index contributed by atoms with van der Waals surface area (Å²) >= 11 is 0. The van der Waals surface area contributed by atoms with E-state index in [0.29, 0.717) is 35.9 Å². The summed E-state index contributed by atoms with van der Waals surface area (Å²) in [7, 11) is 2.89. The topological polar surface area (TPSA) is 114 Å². The maximum absolute atomic E-state index is 13.4. The minimum atomic E-state index is -0.579. The van der Waals surface area contributed by atoms with Crippen LogP contribution in [0, 0.1) is 0 Å². The lowest BCUT2D eigenvalue weighted by Gasteiger charge is -2.22. The van der Waals surface area contributed by atoms with E-state index in [4.69, 9.17) is 0 Å². The van der Waals surface area contributed by atoms with Crippen LogP contribution in [0.5, 0.6) is 0 Å². The highest BCUT2D eigenvalue weighted by Gasteiger charge is 2.23. The molecule has 234 valence electrons. The first kappa shape index (κ1) is 31.3. The number of unbranched alkanes of at least 4 members (excludes halogenated alkanes) is 10. The fraction of sp³-hybridized carbons (Fsp3) is 0.529. The van der Waals surface area contributed by atoms with Crippen molar-refractivity contribution in [1.82, 2.24) is 28.2 Å². The van der Waals surface area contributed by atoms with Crippen LogP contribution >= 0.6 is 0 Å². The van der Waals surface area contributed by atoms with Gasteiger partial charge in [-0.3, -0.25) is 18.7 Å². The molecule has 0 unspecified atom stereocenters. The van der Waals surface area contributed by atoms with E-state index >= 15 is 0 Å². The second kappa shape index (κ2) is 13.7. The quantitative estimate of drug-likeness (QED) is 0.0954. The van der Waals surface area contributed by atoms with Crippen molar-refractivity contribution in [3.05, 3.63) is 65.9 Å². The monoisotopic (exact) mass is 600 g/mol. The first-order valence-electron chi connectivity index (χ1n) is 16.3. The molecule has 4 aliphatic rings. The summed E-state index contributed by atoms with van der Waals surface area (Å²) in [6.07, 6.45) is 13.3. The number of pyridine rings is 2. The average Bonchev–Trinajstić information content (AvgIpc) is 3.02. The second-order valence-corrected chi connectivity index (χ2v) is 12.1. The molecule has 1 aromatic rings. The number of nitrogens with zero attached hydrogens (tertiary/aromatic N) is 6. The van der Waals surface area contributed by atoms with Crippen LogP contribution in [-0.2, 0) is 27.2 Å². The number of benzene rings is 1. The van der Waals surface area contributed by atoms with Crippen molar-refractivity contribution < 1.29 is 0 Å². The lowest BCUT2D eigenvalue weighted by atomic mass is 10.0. The standard InChI is InChI=1S/C34H44N6O4/c1-5-7-9-11-13-15-19-39-27-17-18-28-24(23(27)21-25-29(39)35-33(43)37(3)31(25)41)22-26-30(36-34(44)38(4)32(26)42)40(28)20-16-14-12-10-8-6-2/h17-18,21-22H,5-16,19-20H2,1-4H3. The average molecular weight is 601 g/mol. The van der Waals surface area contributed by atoms with Crippen LogP contribution in [-0.4, -0.2) is 28.2 Å². The summed E-state index contributed by atoms with van der Waals surface area (Å²) in [4.78, 5) is 60.8. The maximum atomic E-state index is 13.4. The zero-order valence-electron chi connectivity index (χ0n) is 26.5. The van der Waals surface area contributed by atoms with Gasteiger partial charge >= 0.3 is 11.4 Å². The molecule has 10 heteroatoms. The van der Waals surface area contributed by atoms with E-state index < -0.39 is 22.5 Å². The van der Waals surface area contributed by atoms with E-state index in [2.05, 4.69) is 23.8 Å². The van der Waals surface area contributed by atoms with Gasteiger partial charge in [0.15, 0.2) is 11.6 Å². The molecule has 0 atom stereocenters. The Labute approximate surface area is 256 Å². The van der Waals surface area contributed by atoms with Gasteiger partial charge in [0.25, 0.3) is 11.1 Å². The summed E-state index contributed by atoms with van der Waals surface area (Å²) in [6, 6.07) is 7.61. The Kier molecular flexibility index (Phi) is 9.76. The SMILES string of the molecule is CCCCCCCCn1c2nc(=O)n(C)c(=O)c-2cc2c3cc4c(=O)n(C)c(=O)nc-4n(CCCCCCCC)c3ccc21. The number of aromatic nitrogens is 6. The molecule has 0 saturated heterocycles. The second-order valence-electron chi connectivity index (χ2n) is 12.1. The fourth-order valence-electron chi connectivity index (χ4n) is 6.30. The van der Waals surface area contributed by atoms with E-state index in [1.807, 2.05) is 21.3 Å². The van der Waals surface area contributed by atoms with Gasteiger partial charge in [-0.05, 0) is 37.1 Å². The molecule has 0 saturated carbocycles. The van der Waals surface area contributed by atoms with Gasteiger partial charge in [-0.2, -0.15) is 9.97 Å². The molecular weight excluding hydrogens is 556 g/mol. The van der Waals surface area contributed by atoms with Gasteiger partial charge < -0.3 is 9.13 Å². The highest BCUT2D eigenvalue weighted by atomic mass is 16.2. The van der Waals surface area contributed by atoms with Crippen molar-refractivity contribution >= 4 is 21.8 Å². The Hall–Kier alpha value is -4.08.